The van der Waals surface area contributed by atoms with Gasteiger partial charge in [-0.3, -0.25) is 4.99 Å². The number of benzene rings is 2. The molecule has 0 unspecified atom stereocenters. The SMILES string of the molecule is CC(/C=C(/C)[N-]c1c(C(C)C)cccc1C(C)C)=Nc1c(C(C)C)cccc1C(C)C.[Fe].[N]=O.[N]=O. The van der Waals surface area contributed by atoms with E-state index < -0.39 is 0 Å². The van der Waals surface area contributed by atoms with E-state index in [2.05, 4.69) is 112 Å². The van der Waals surface area contributed by atoms with Crippen molar-refractivity contribution in [2.45, 2.75) is 92.9 Å². The van der Waals surface area contributed by atoms with E-state index in [1.165, 1.54) is 22.3 Å². The first-order valence-electron chi connectivity index (χ1n) is 12.1. The van der Waals surface area contributed by atoms with Crippen LogP contribution in [0.4, 0.5) is 11.4 Å². The van der Waals surface area contributed by atoms with Crippen molar-refractivity contribution in [2.24, 2.45) is 4.99 Å². The Morgan fingerprint density at radius 2 is 1.03 bits per heavy atom. The van der Waals surface area contributed by atoms with Gasteiger partial charge in [0.05, 0.1) is 5.69 Å². The molecule has 0 aliphatic carbocycles. The number of allylic oxidation sites excluding steroid dienone is 2. The monoisotopic (exact) mass is 533 g/mol. The molecule has 0 aliphatic rings. The summed E-state index contributed by atoms with van der Waals surface area (Å²) in [7, 11) is 0. The summed E-state index contributed by atoms with van der Waals surface area (Å²) in [4.78, 5) is 19.6. The average Bonchev–Trinajstić information content (AvgIpc) is 2.81. The Hall–Kier alpha value is -2.63. The quantitative estimate of drug-likeness (QED) is 0.249. The molecule has 0 N–H and O–H groups in total. The number of aliphatic imine (C=N–C) groups is 1. The number of hydrogen-bond donors (Lipinski definition) is 0. The number of nitrogens with zero attached hydrogens (tertiary/aromatic N) is 4. The normalized spacial score (nSPS) is 11.5. The van der Waals surface area contributed by atoms with Crippen LogP contribution in [-0.4, -0.2) is 5.71 Å². The van der Waals surface area contributed by atoms with Crippen LogP contribution in [0.3, 0.4) is 0 Å². The molecule has 0 bridgehead atoms. The summed E-state index contributed by atoms with van der Waals surface area (Å²) in [6.07, 6.45) is 2.11. The zero-order valence-electron chi connectivity index (χ0n) is 23.3. The van der Waals surface area contributed by atoms with Gasteiger partial charge in [-0.2, -0.15) is 5.70 Å². The molecular weight excluding hydrogens is 492 g/mol. The van der Waals surface area contributed by atoms with Crippen molar-refractivity contribution in [2.75, 3.05) is 0 Å². The average molecular weight is 534 g/mol. The second-order valence-corrected chi connectivity index (χ2v) is 9.84. The smallest absolute Gasteiger partial charge is 0.120 e. The maximum absolute atomic E-state index is 7.25. The number of hydrogen-bond acceptors (Lipinski definition) is 3. The molecule has 2 aromatic carbocycles. The van der Waals surface area contributed by atoms with Gasteiger partial charge in [-0.25, -0.2) is 0 Å². The predicted molar refractivity (Wildman–Crippen MR) is 150 cm³/mol. The summed E-state index contributed by atoms with van der Waals surface area (Å²) in [5, 5.41) is 5.08. The topological polar surface area (TPSA) is 105 Å². The molecule has 198 valence electrons. The Morgan fingerprint density at radius 1 is 0.694 bits per heavy atom. The van der Waals surface area contributed by atoms with Gasteiger partial charge < -0.3 is 5.32 Å². The van der Waals surface area contributed by atoms with Crippen LogP contribution in [0, 0.1) is 9.81 Å². The van der Waals surface area contributed by atoms with Crippen molar-refractivity contribution in [3.8, 4) is 0 Å². The van der Waals surface area contributed by atoms with Gasteiger partial charge in [-0.1, -0.05) is 116 Å². The van der Waals surface area contributed by atoms with Crippen molar-refractivity contribution < 1.29 is 17.1 Å². The second-order valence-electron chi connectivity index (χ2n) is 9.84. The van der Waals surface area contributed by atoms with Crippen molar-refractivity contribution in [3.63, 3.8) is 0 Å². The van der Waals surface area contributed by atoms with Crippen LogP contribution in [0.1, 0.15) is 115 Å². The van der Waals surface area contributed by atoms with Gasteiger partial charge in [-0.15, -0.1) is 15.5 Å². The van der Waals surface area contributed by atoms with E-state index in [4.69, 9.17) is 31.3 Å². The molecule has 0 aliphatic heterocycles. The van der Waals surface area contributed by atoms with Crippen LogP contribution in [0.2, 0.25) is 0 Å². The molecule has 2 rings (SSSR count). The molecule has 0 heterocycles. The second kappa shape index (κ2) is 17.7. The minimum absolute atomic E-state index is 0. The summed E-state index contributed by atoms with van der Waals surface area (Å²) in [5.41, 5.74) is 21.0. The summed E-state index contributed by atoms with van der Waals surface area (Å²) >= 11 is 0. The van der Waals surface area contributed by atoms with Gasteiger partial charge in [0.2, 0.25) is 0 Å². The van der Waals surface area contributed by atoms with E-state index >= 15 is 0 Å². The molecule has 36 heavy (non-hydrogen) atoms. The van der Waals surface area contributed by atoms with E-state index in [1.54, 1.807) is 0 Å². The molecule has 0 spiro atoms. The first-order valence-corrected chi connectivity index (χ1v) is 12.1. The van der Waals surface area contributed by atoms with Gasteiger partial charge in [0.1, 0.15) is 11.2 Å². The van der Waals surface area contributed by atoms with Gasteiger partial charge >= 0.3 is 0 Å². The van der Waals surface area contributed by atoms with Gasteiger partial charge in [0.15, 0.2) is 0 Å². The third kappa shape index (κ3) is 10.2. The first kappa shape index (κ1) is 35.5. The molecule has 6 nitrogen and oxygen atoms in total. The van der Waals surface area contributed by atoms with Crippen LogP contribution in [0.5, 0.6) is 0 Å². The summed E-state index contributed by atoms with van der Waals surface area (Å²) in [5.74, 6) is 1.75. The van der Waals surface area contributed by atoms with Crippen LogP contribution in [0.15, 0.2) is 53.2 Å². The van der Waals surface area contributed by atoms with Gasteiger partial charge in [0, 0.05) is 22.8 Å². The Balaban J connectivity index is 0. The molecule has 0 aromatic heterocycles. The third-order valence-corrected chi connectivity index (χ3v) is 5.68. The van der Waals surface area contributed by atoms with Crippen LogP contribution in [-0.2, 0) is 17.1 Å². The molecule has 0 saturated heterocycles. The van der Waals surface area contributed by atoms with E-state index in [9.17, 15) is 0 Å². The zero-order valence-corrected chi connectivity index (χ0v) is 24.4. The summed E-state index contributed by atoms with van der Waals surface area (Å²) in [6.45, 7) is 22.1. The molecule has 7 heteroatoms. The fourth-order valence-corrected chi connectivity index (χ4v) is 4.00. The van der Waals surface area contributed by atoms with E-state index in [1.807, 2.05) is 0 Å². The third-order valence-electron chi connectivity index (χ3n) is 5.68. The van der Waals surface area contributed by atoms with Gasteiger partial charge in [-0.05, 0) is 41.7 Å². The number of para-hydroxylation sites is 2. The van der Waals surface area contributed by atoms with E-state index in [0.717, 1.165) is 22.8 Å². The molecule has 2 aromatic rings. The van der Waals surface area contributed by atoms with Gasteiger partial charge in [0.25, 0.3) is 0 Å². The van der Waals surface area contributed by atoms with Crippen LogP contribution >= 0.6 is 0 Å². The van der Waals surface area contributed by atoms with E-state index in [-0.39, 0.29) is 17.1 Å². The van der Waals surface area contributed by atoms with Crippen LogP contribution < -0.4 is 11.2 Å². The largest absolute Gasteiger partial charge is 0.661 e. The number of rotatable bonds is 8. The molecule has 2 radical (unpaired) electrons. The molecule has 0 atom stereocenters. The minimum atomic E-state index is 0. The molecule has 0 amide bonds. The Kier molecular flexibility index (Phi) is 17.5. The Bertz CT molecular complexity index is 944. The molecule has 0 fully saturated rings. The fourth-order valence-electron chi connectivity index (χ4n) is 4.00. The van der Waals surface area contributed by atoms with Crippen molar-refractivity contribution in [1.29, 1.82) is 0 Å². The number of nitroso groups, excluding NO2 is 2. The van der Waals surface area contributed by atoms with Crippen molar-refractivity contribution in [3.05, 3.63) is 85.6 Å². The standard InChI is InChI=1S/C29H41N2.Fe.2NO/c1-18(2)24-13-11-14-25(19(3)4)28(24)30-22(9)17-23(10)31-29-26(20(5)6)15-12-16-27(29)21(7)8;;2*1-2/h11-21H,1-10H3;;;/q-1;;;/b22-17-,31-23?;;;. The molecular formula is C29H41FeN4O2-. The van der Waals surface area contributed by atoms with E-state index in [0.29, 0.717) is 23.7 Å². The first-order chi connectivity index (χ1) is 16.5. The minimum Gasteiger partial charge on any atom is -0.661 e. The maximum atomic E-state index is 7.25. The zero-order chi connectivity index (χ0) is 27.3. The summed E-state index contributed by atoms with van der Waals surface area (Å²) < 4.78 is 0. The maximum Gasteiger partial charge on any atom is 0.120 e. The van der Waals surface area contributed by atoms with Crippen molar-refractivity contribution in [1.82, 2.24) is 11.2 Å². The predicted octanol–water partition coefficient (Wildman–Crippen LogP) is 8.99. The van der Waals surface area contributed by atoms with Crippen LogP contribution in [0.25, 0.3) is 5.32 Å². The Labute approximate surface area is 228 Å². The Morgan fingerprint density at radius 3 is 1.36 bits per heavy atom. The van der Waals surface area contributed by atoms with Crippen molar-refractivity contribution >= 4 is 17.1 Å². The summed E-state index contributed by atoms with van der Waals surface area (Å²) in [6, 6.07) is 13.1. The molecule has 0 saturated carbocycles. The fraction of sp³-hybridized carbons (Fsp3) is 0.483.